The fourth-order valence-electron chi connectivity index (χ4n) is 3.40. The van der Waals surface area contributed by atoms with E-state index < -0.39 is 10.0 Å². The van der Waals surface area contributed by atoms with E-state index in [1.165, 1.54) is 16.4 Å². The van der Waals surface area contributed by atoms with Crippen molar-refractivity contribution in [3.8, 4) is 0 Å². The first-order valence-electron chi connectivity index (χ1n) is 9.17. The molecule has 1 unspecified atom stereocenters. The summed E-state index contributed by atoms with van der Waals surface area (Å²) in [4.78, 5) is 15.1. The molecule has 26 heavy (non-hydrogen) atoms. The summed E-state index contributed by atoms with van der Waals surface area (Å²) in [5.74, 6) is -0.253. The summed E-state index contributed by atoms with van der Waals surface area (Å²) < 4.78 is 27.4. The predicted molar refractivity (Wildman–Crippen MR) is 107 cm³/mol. The van der Waals surface area contributed by atoms with Crippen LogP contribution >= 0.6 is 15.9 Å². The third-order valence-electron chi connectivity index (χ3n) is 4.93. The molecule has 0 aromatic heterocycles. The van der Waals surface area contributed by atoms with E-state index in [0.717, 1.165) is 25.9 Å². The second-order valence-corrected chi connectivity index (χ2v) is 9.16. The normalized spacial score (nSPS) is 18.4. The molecule has 146 valence electrons. The highest BCUT2D eigenvalue weighted by atomic mass is 79.9. The number of likely N-dealkylation sites (tertiary alicyclic amines) is 1. The number of likely N-dealkylation sites (N-methyl/N-ethyl adjacent to an activating group) is 1. The van der Waals surface area contributed by atoms with Gasteiger partial charge in [0.1, 0.15) is 0 Å². The number of nitrogens with one attached hydrogen (secondary N) is 1. The van der Waals surface area contributed by atoms with Crippen LogP contribution in [0.5, 0.6) is 0 Å². The third-order valence-corrected chi connectivity index (χ3v) is 7.67. The number of benzene rings is 1. The van der Waals surface area contributed by atoms with Crippen molar-refractivity contribution in [1.29, 1.82) is 0 Å². The van der Waals surface area contributed by atoms with Crippen LogP contribution in [0.25, 0.3) is 0 Å². The number of hydrogen-bond donors (Lipinski definition) is 1. The van der Waals surface area contributed by atoms with Crippen molar-refractivity contribution >= 4 is 31.9 Å². The Balaban J connectivity index is 2.17. The molecule has 1 aromatic carbocycles. The van der Waals surface area contributed by atoms with E-state index in [1.807, 2.05) is 0 Å². The van der Waals surface area contributed by atoms with Crippen molar-refractivity contribution in [1.82, 2.24) is 14.5 Å². The monoisotopic (exact) mass is 445 g/mol. The first kappa shape index (κ1) is 21.3. The number of hydrogen-bond acceptors (Lipinski definition) is 4. The maximum atomic E-state index is 12.7. The van der Waals surface area contributed by atoms with Gasteiger partial charge in [0.05, 0.1) is 10.5 Å². The molecule has 0 radical (unpaired) electrons. The van der Waals surface area contributed by atoms with Gasteiger partial charge in [-0.25, -0.2) is 8.42 Å². The zero-order valence-corrected chi connectivity index (χ0v) is 18.1. The highest BCUT2D eigenvalue weighted by Gasteiger charge is 2.26. The number of amides is 1. The Hall–Kier alpha value is -0.960. The van der Waals surface area contributed by atoms with Crippen LogP contribution in [0.3, 0.4) is 0 Å². The fourth-order valence-corrected chi connectivity index (χ4v) is 5.31. The minimum atomic E-state index is -3.59. The Kier molecular flexibility index (Phi) is 7.63. The van der Waals surface area contributed by atoms with Gasteiger partial charge in [0.15, 0.2) is 0 Å². The van der Waals surface area contributed by atoms with Crippen LogP contribution in [0.4, 0.5) is 0 Å². The minimum Gasteiger partial charge on any atom is -0.350 e. The topological polar surface area (TPSA) is 69.7 Å². The van der Waals surface area contributed by atoms with E-state index in [2.05, 4.69) is 33.1 Å². The number of rotatable bonds is 8. The Bertz CT molecular complexity index is 735. The van der Waals surface area contributed by atoms with E-state index in [1.54, 1.807) is 19.9 Å². The summed E-state index contributed by atoms with van der Waals surface area (Å²) in [6.07, 6.45) is 2.22. The third kappa shape index (κ3) is 4.65. The highest BCUT2D eigenvalue weighted by molar-refractivity contribution is 9.10. The summed E-state index contributed by atoms with van der Waals surface area (Å²) in [6, 6.07) is 4.97. The van der Waals surface area contributed by atoms with Crippen LogP contribution in [-0.4, -0.2) is 62.3 Å². The second kappa shape index (κ2) is 9.30. The molecule has 0 aliphatic carbocycles. The van der Waals surface area contributed by atoms with E-state index in [4.69, 9.17) is 0 Å². The van der Waals surface area contributed by atoms with Gasteiger partial charge in [-0.1, -0.05) is 20.8 Å². The van der Waals surface area contributed by atoms with E-state index >= 15 is 0 Å². The van der Waals surface area contributed by atoms with Gasteiger partial charge in [-0.15, -0.1) is 0 Å². The molecule has 1 aliphatic rings. The van der Waals surface area contributed by atoms with Gasteiger partial charge < -0.3 is 5.32 Å². The maximum Gasteiger partial charge on any atom is 0.252 e. The summed E-state index contributed by atoms with van der Waals surface area (Å²) >= 11 is 3.37. The Morgan fingerprint density at radius 1 is 1.31 bits per heavy atom. The smallest absolute Gasteiger partial charge is 0.252 e. The Morgan fingerprint density at radius 3 is 2.62 bits per heavy atom. The number of carbonyl (C=O) groups excluding carboxylic acids is 1. The van der Waals surface area contributed by atoms with Crippen molar-refractivity contribution in [2.75, 3.05) is 32.7 Å². The zero-order chi connectivity index (χ0) is 19.3. The van der Waals surface area contributed by atoms with Crippen LogP contribution in [0.1, 0.15) is 44.0 Å². The van der Waals surface area contributed by atoms with Crippen molar-refractivity contribution in [2.45, 2.75) is 44.6 Å². The van der Waals surface area contributed by atoms with Crippen molar-refractivity contribution in [3.63, 3.8) is 0 Å². The van der Waals surface area contributed by atoms with Gasteiger partial charge in [-0.3, -0.25) is 9.69 Å². The lowest BCUT2D eigenvalue weighted by Gasteiger charge is -2.23. The molecule has 1 N–H and O–H groups in total. The molecular weight excluding hydrogens is 418 g/mol. The number of halogens is 1. The van der Waals surface area contributed by atoms with Crippen LogP contribution < -0.4 is 5.32 Å². The average Bonchev–Trinajstić information content (AvgIpc) is 3.08. The second-order valence-electron chi connectivity index (χ2n) is 6.37. The van der Waals surface area contributed by atoms with Gasteiger partial charge in [-0.2, -0.15) is 4.31 Å². The molecule has 6 nitrogen and oxygen atoms in total. The van der Waals surface area contributed by atoms with Gasteiger partial charge in [0, 0.05) is 30.1 Å². The lowest BCUT2D eigenvalue weighted by Crippen LogP contribution is -2.40. The number of carbonyl (C=O) groups is 1. The van der Waals surface area contributed by atoms with Gasteiger partial charge in [-0.05, 0) is 60.1 Å². The summed E-state index contributed by atoms with van der Waals surface area (Å²) in [5.41, 5.74) is 0.347. The molecule has 0 bridgehead atoms. The molecule has 1 saturated heterocycles. The van der Waals surface area contributed by atoms with Gasteiger partial charge in [0.2, 0.25) is 10.0 Å². The Morgan fingerprint density at radius 2 is 2.00 bits per heavy atom. The molecule has 1 atom stereocenters. The molecule has 0 spiro atoms. The standard InChI is InChI=1S/C18H28BrN3O3S/c1-4-21-11-7-8-14(21)13-20-18(23)16-12-15(9-10-17(16)19)26(24,25)22(5-2)6-3/h9-10,12,14H,4-8,11,13H2,1-3H3,(H,20,23). The van der Waals surface area contributed by atoms with E-state index in [0.29, 0.717) is 35.7 Å². The van der Waals surface area contributed by atoms with Crippen LogP contribution in [0.15, 0.2) is 27.6 Å². The summed E-state index contributed by atoms with van der Waals surface area (Å²) in [5, 5.41) is 2.96. The lowest BCUT2D eigenvalue weighted by molar-refractivity contribution is 0.0940. The molecule has 1 aliphatic heterocycles. The maximum absolute atomic E-state index is 12.7. The molecule has 1 aromatic rings. The largest absolute Gasteiger partial charge is 0.350 e. The molecular formula is C18H28BrN3O3S. The first-order valence-corrected chi connectivity index (χ1v) is 11.4. The molecule has 1 amide bonds. The zero-order valence-electron chi connectivity index (χ0n) is 15.7. The fraction of sp³-hybridized carbons (Fsp3) is 0.611. The number of nitrogens with zero attached hydrogens (tertiary/aromatic N) is 2. The highest BCUT2D eigenvalue weighted by Crippen LogP contribution is 2.24. The minimum absolute atomic E-state index is 0.144. The predicted octanol–water partition coefficient (Wildman–Crippen LogP) is 2.69. The van der Waals surface area contributed by atoms with Crippen molar-refractivity contribution in [2.24, 2.45) is 0 Å². The van der Waals surface area contributed by atoms with Crippen molar-refractivity contribution < 1.29 is 13.2 Å². The SMILES string of the molecule is CCN1CCCC1CNC(=O)c1cc(S(=O)(=O)N(CC)CC)ccc1Br. The Labute approximate surface area is 165 Å². The van der Waals surface area contributed by atoms with Crippen LogP contribution in [0.2, 0.25) is 0 Å². The van der Waals surface area contributed by atoms with Crippen LogP contribution in [0, 0.1) is 0 Å². The summed E-state index contributed by atoms with van der Waals surface area (Å²) in [7, 11) is -3.59. The lowest BCUT2D eigenvalue weighted by atomic mass is 10.2. The summed E-state index contributed by atoms with van der Waals surface area (Å²) in [6.45, 7) is 9.13. The van der Waals surface area contributed by atoms with Gasteiger partial charge in [0.25, 0.3) is 5.91 Å². The van der Waals surface area contributed by atoms with Crippen LogP contribution in [-0.2, 0) is 10.0 Å². The molecule has 2 rings (SSSR count). The number of sulfonamides is 1. The molecule has 1 heterocycles. The van der Waals surface area contributed by atoms with Gasteiger partial charge >= 0.3 is 0 Å². The van der Waals surface area contributed by atoms with Crippen molar-refractivity contribution in [3.05, 3.63) is 28.2 Å². The quantitative estimate of drug-likeness (QED) is 0.667. The molecule has 1 fully saturated rings. The first-order chi connectivity index (χ1) is 12.3. The van der Waals surface area contributed by atoms with E-state index in [9.17, 15) is 13.2 Å². The molecule has 8 heteroatoms. The molecule has 0 saturated carbocycles. The van der Waals surface area contributed by atoms with E-state index in [-0.39, 0.29) is 10.8 Å². The average molecular weight is 446 g/mol.